The van der Waals surface area contributed by atoms with Gasteiger partial charge in [0.1, 0.15) is 0 Å². The van der Waals surface area contributed by atoms with Crippen LogP contribution < -0.4 is 0 Å². The first kappa shape index (κ1) is 19.2. The van der Waals surface area contributed by atoms with Crippen molar-refractivity contribution in [1.82, 2.24) is 0 Å². The van der Waals surface area contributed by atoms with Crippen molar-refractivity contribution in [3.05, 3.63) is 58.7 Å². The molecule has 5 aromatic carbocycles. The van der Waals surface area contributed by atoms with E-state index in [4.69, 9.17) is 0 Å². The summed E-state index contributed by atoms with van der Waals surface area (Å²) >= 11 is 1.19. The Bertz CT molecular complexity index is 1740. The summed E-state index contributed by atoms with van der Waals surface area (Å²) in [7, 11) is 0. The van der Waals surface area contributed by atoms with Crippen LogP contribution >= 0.6 is 11.3 Å². The Morgan fingerprint density at radius 1 is 0.485 bits per heavy atom. The second-order valence-corrected chi connectivity index (χ2v) is 8.82. The summed E-state index contributed by atoms with van der Waals surface area (Å²) in [6.45, 7) is 0. The standard InChI is InChI=1S/C24H10O8S/c25-21(26)9-3-1-7-8-2-4-10(22(27)28)16-12(24(31)32)6-14-20(18(8)16)19-13(33-14)5-11(23(29)30)15(9)17(7)19/h1-6H,(H,25,26)(H,27,28)(H,29,30)(H,31,32). The number of hydrogen-bond donors (Lipinski definition) is 4. The summed E-state index contributed by atoms with van der Waals surface area (Å²) in [6.07, 6.45) is 0. The summed E-state index contributed by atoms with van der Waals surface area (Å²) < 4.78 is 1.10. The first-order valence-corrected chi connectivity index (χ1v) is 10.4. The van der Waals surface area contributed by atoms with Crippen LogP contribution in [-0.4, -0.2) is 44.3 Å². The number of carboxylic acids is 4. The highest BCUT2D eigenvalue weighted by Gasteiger charge is 2.29. The second kappa shape index (κ2) is 6.05. The van der Waals surface area contributed by atoms with E-state index in [2.05, 4.69) is 0 Å². The number of carboxylic acid groups (broad SMARTS) is 4. The fraction of sp³-hybridized carbons (Fsp3) is 0. The van der Waals surface area contributed by atoms with Crippen molar-refractivity contribution in [2.75, 3.05) is 0 Å². The topological polar surface area (TPSA) is 149 Å². The van der Waals surface area contributed by atoms with Crippen LogP contribution in [0.4, 0.5) is 0 Å². The van der Waals surface area contributed by atoms with Crippen LogP contribution in [0.15, 0.2) is 36.4 Å². The van der Waals surface area contributed by atoms with Gasteiger partial charge in [-0.3, -0.25) is 0 Å². The van der Waals surface area contributed by atoms with Crippen LogP contribution in [0.25, 0.3) is 52.5 Å². The Labute approximate surface area is 186 Å². The molecule has 1 heterocycles. The molecule has 0 aliphatic heterocycles. The Morgan fingerprint density at radius 3 is 1.18 bits per heavy atom. The molecule has 4 N–H and O–H groups in total. The lowest BCUT2D eigenvalue weighted by Gasteiger charge is -2.17. The van der Waals surface area contributed by atoms with Crippen molar-refractivity contribution in [2.45, 2.75) is 0 Å². The predicted molar refractivity (Wildman–Crippen MR) is 122 cm³/mol. The van der Waals surface area contributed by atoms with Gasteiger partial charge in [-0.15, -0.1) is 11.3 Å². The van der Waals surface area contributed by atoms with E-state index in [1.165, 1.54) is 35.6 Å². The largest absolute Gasteiger partial charge is 0.478 e. The van der Waals surface area contributed by atoms with Crippen molar-refractivity contribution >= 4 is 87.7 Å². The van der Waals surface area contributed by atoms with E-state index in [1.54, 1.807) is 12.1 Å². The SMILES string of the molecule is O=C(O)c1ccc2c3ccc(C(=O)O)c4c(C(=O)O)cc5sc6cc(C(=O)O)c1c2c6c5c43. The third-order valence-electron chi connectivity index (χ3n) is 6.17. The average Bonchev–Trinajstić information content (AvgIpc) is 3.14. The van der Waals surface area contributed by atoms with E-state index < -0.39 is 23.9 Å². The average molecular weight is 458 g/mol. The molecule has 8 nitrogen and oxygen atoms in total. The maximum absolute atomic E-state index is 12.1. The lowest BCUT2D eigenvalue weighted by molar-refractivity contribution is 0.0681. The van der Waals surface area contributed by atoms with Crippen molar-refractivity contribution in [1.29, 1.82) is 0 Å². The van der Waals surface area contributed by atoms with E-state index in [9.17, 15) is 39.6 Å². The van der Waals surface area contributed by atoms with E-state index in [0.717, 1.165) is 0 Å². The van der Waals surface area contributed by atoms with E-state index in [1.807, 2.05) is 0 Å². The maximum atomic E-state index is 12.1. The monoisotopic (exact) mass is 458 g/mol. The van der Waals surface area contributed by atoms with Crippen LogP contribution in [0.2, 0.25) is 0 Å². The number of fused-ring (bicyclic) bond motifs is 1. The molecule has 0 saturated carbocycles. The van der Waals surface area contributed by atoms with Gasteiger partial charge in [0.2, 0.25) is 0 Å². The predicted octanol–water partition coefficient (Wildman–Crippen LogP) is 5.18. The van der Waals surface area contributed by atoms with Crippen molar-refractivity contribution in [2.24, 2.45) is 0 Å². The number of rotatable bonds is 4. The third kappa shape index (κ3) is 2.23. The molecular weight excluding hydrogens is 448 g/mol. The molecule has 33 heavy (non-hydrogen) atoms. The summed E-state index contributed by atoms with van der Waals surface area (Å²) in [4.78, 5) is 48.1. The molecule has 0 radical (unpaired) electrons. The zero-order valence-electron chi connectivity index (χ0n) is 16.3. The Kier molecular flexibility index (Phi) is 3.52. The van der Waals surface area contributed by atoms with E-state index >= 15 is 0 Å². The van der Waals surface area contributed by atoms with Crippen LogP contribution in [0.3, 0.4) is 0 Å². The van der Waals surface area contributed by atoms with Gasteiger partial charge >= 0.3 is 23.9 Å². The molecule has 6 rings (SSSR count). The summed E-state index contributed by atoms with van der Waals surface area (Å²) in [6, 6.07) is 8.58. The zero-order chi connectivity index (χ0) is 23.3. The fourth-order valence-electron chi connectivity index (χ4n) is 5.00. The third-order valence-corrected chi connectivity index (χ3v) is 7.26. The smallest absolute Gasteiger partial charge is 0.336 e. The fourth-order valence-corrected chi connectivity index (χ4v) is 6.20. The van der Waals surface area contributed by atoms with Gasteiger partial charge in [-0.25, -0.2) is 19.2 Å². The molecule has 1 aromatic heterocycles. The zero-order valence-corrected chi connectivity index (χ0v) is 17.1. The van der Waals surface area contributed by atoms with E-state index in [-0.39, 0.29) is 33.0 Å². The van der Waals surface area contributed by atoms with Crippen molar-refractivity contribution in [3.63, 3.8) is 0 Å². The molecule has 0 fully saturated rings. The van der Waals surface area contributed by atoms with Gasteiger partial charge in [0.15, 0.2) is 0 Å². The maximum Gasteiger partial charge on any atom is 0.336 e. The molecule has 0 atom stereocenters. The molecule has 0 aliphatic carbocycles. The minimum atomic E-state index is -1.28. The van der Waals surface area contributed by atoms with Gasteiger partial charge in [-0.2, -0.15) is 0 Å². The Hall–Kier alpha value is -4.50. The molecule has 160 valence electrons. The van der Waals surface area contributed by atoms with Crippen molar-refractivity contribution < 1.29 is 39.6 Å². The minimum Gasteiger partial charge on any atom is -0.478 e. The molecule has 0 amide bonds. The normalized spacial score (nSPS) is 12.0. The molecule has 9 heteroatoms. The van der Waals surface area contributed by atoms with Crippen molar-refractivity contribution in [3.8, 4) is 0 Å². The van der Waals surface area contributed by atoms with Crippen LogP contribution in [-0.2, 0) is 0 Å². The molecule has 0 saturated heterocycles. The lowest BCUT2D eigenvalue weighted by atomic mass is 9.84. The number of benzene rings is 5. The highest BCUT2D eigenvalue weighted by molar-refractivity contribution is 7.26. The van der Waals surface area contributed by atoms with Gasteiger partial charge in [-0.1, -0.05) is 12.1 Å². The molecule has 6 aromatic rings. The van der Waals surface area contributed by atoms with Crippen LogP contribution in [0.5, 0.6) is 0 Å². The molecule has 0 unspecified atom stereocenters. The second-order valence-electron chi connectivity index (χ2n) is 7.74. The number of carbonyl (C=O) groups is 4. The molecular formula is C24H10O8S. The van der Waals surface area contributed by atoms with Gasteiger partial charge in [0.05, 0.1) is 22.3 Å². The number of thiophene rings is 1. The summed E-state index contributed by atoms with van der Waals surface area (Å²) in [5, 5.41) is 42.6. The number of aromatic carboxylic acids is 4. The first-order valence-electron chi connectivity index (χ1n) is 9.60. The summed E-state index contributed by atoms with van der Waals surface area (Å²) in [5.74, 6) is -5.10. The Balaban J connectivity index is 2.05. The number of hydrogen-bond acceptors (Lipinski definition) is 5. The first-order chi connectivity index (χ1) is 15.7. The van der Waals surface area contributed by atoms with Crippen LogP contribution in [0.1, 0.15) is 41.4 Å². The highest BCUT2D eigenvalue weighted by Crippen LogP contribution is 2.51. The van der Waals surface area contributed by atoms with Crippen LogP contribution in [0, 0.1) is 0 Å². The lowest BCUT2D eigenvalue weighted by Crippen LogP contribution is -2.06. The van der Waals surface area contributed by atoms with Gasteiger partial charge < -0.3 is 20.4 Å². The molecule has 0 bridgehead atoms. The molecule has 0 aliphatic rings. The highest BCUT2D eigenvalue weighted by atomic mass is 32.1. The van der Waals surface area contributed by atoms with Gasteiger partial charge in [-0.05, 0) is 35.0 Å². The quantitative estimate of drug-likeness (QED) is 0.208. The summed E-state index contributed by atoms with van der Waals surface area (Å²) in [5.41, 5.74) is -0.639. The van der Waals surface area contributed by atoms with E-state index in [0.29, 0.717) is 41.7 Å². The minimum absolute atomic E-state index is 0.0862. The van der Waals surface area contributed by atoms with Gasteiger partial charge in [0, 0.05) is 41.7 Å². The Morgan fingerprint density at radius 2 is 0.848 bits per heavy atom. The van der Waals surface area contributed by atoms with Gasteiger partial charge in [0.25, 0.3) is 0 Å². The molecule has 0 spiro atoms.